The van der Waals surface area contributed by atoms with E-state index in [4.69, 9.17) is 9.47 Å². The first-order valence-corrected chi connectivity index (χ1v) is 11.0. The Morgan fingerprint density at radius 2 is 1.79 bits per heavy atom. The first-order chi connectivity index (χ1) is 15.9. The minimum atomic E-state index is -0.629. The number of hydrogen-bond acceptors (Lipinski definition) is 8. The summed E-state index contributed by atoms with van der Waals surface area (Å²) in [5.74, 6) is -0.464. The average molecular weight is 469 g/mol. The molecule has 0 saturated heterocycles. The number of hydrogen-bond donors (Lipinski definition) is 1. The van der Waals surface area contributed by atoms with E-state index in [1.807, 2.05) is 0 Å². The summed E-state index contributed by atoms with van der Waals surface area (Å²) < 4.78 is 25.3. The molecule has 0 radical (unpaired) electrons. The number of allylic oxidation sites excluding steroid dienone is 1. The third-order valence-electron chi connectivity index (χ3n) is 5.20. The Morgan fingerprint density at radius 3 is 2.45 bits per heavy atom. The van der Waals surface area contributed by atoms with Crippen LogP contribution in [0.25, 0.3) is 0 Å². The maximum absolute atomic E-state index is 14.0. The standard InChI is InChI=1S/C23H21FN4O4S/c1-13-18(21(30)32-3)19(14-8-10-15(11-9-14)20(29)31-2)28-22(25-13)26-23(27-28)33-12-16-6-4-5-7-17(16)24/h4-11,19H,12H2,1-3H3,(H,25,26,27). The van der Waals surface area contributed by atoms with Crippen LogP contribution < -0.4 is 5.32 Å². The summed E-state index contributed by atoms with van der Waals surface area (Å²) in [6, 6.07) is 12.6. The highest BCUT2D eigenvalue weighted by atomic mass is 32.2. The van der Waals surface area contributed by atoms with Crippen molar-refractivity contribution in [1.82, 2.24) is 14.8 Å². The van der Waals surface area contributed by atoms with E-state index in [9.17, 15) is 14.0 Å². The molecule has 0 amide bonds. The third-order valence-corrected chi connectivity index (χ3v) is 6.09. The lowest BCUT2D eigenvalue weighted by Crippen LogP contribution is -2.29. The van der Waals surface area contributed by atoms with Crippen LogP contribution in [0.5, 0.6) is 0 Å². The van der Waals surface area contributed by atoms with Gasteiger partial charge in [0, 0.05) is 11.4 Å². The van der Waals surface area contributed by atoms with E-state index < -0.39 is 18.0 Å². The molecule has 0 fully saturated rings. The number of methoxy groups -OCH3 is 2. The average Bonchev–Trinajstić information content (AvgIpc) is 3.24. The van der Waals surface area contributed by atoms with Crippen LogP contribution in [0.1, 0.15) is 34.5 Å². The van der Waals surface area contributed by atoms with Gasteiger partial charge in [0.1, 0.15) is 11.9 Å². The highest BCUT2D eigenvalue weighted by molar-refractivity contribution is 7.98. The van der Waals surface area contributed by atoms with E-state index >= 15 is 0 Å². The molecule has 170 valence electrons. The number of carbonyl (C=O) groups excluding carboxylic acids is 2. The second-order valence-corrected chi connectivity index (χ2v) is 8.16. The zero-order chi connectivity index (χ0) is 23.5. The van der Waals surface area contributed by atoms with E-state index in [0.29, 0.717) is 44.8 Å². The Hall–Kier alpha value is -3.66. The molecule has 0 spiro atoms. The van der Waals surface area contributed by atoms with Gasteiger partial charge in [0.2, 0.25) is 11.1 Å². The van der Waals surface area contributed by atoms with Gasteiger partial charge in [-0.25, -0.2) is 18.7 Å². The highest BCUT2D eigenvalue weighted by Crippen LogP contribution is 2.37. The number of benzene rings is 2. The fourth-order valence-electron chi connectivity index (χ4n) is 3.55. The fourth-order valence-corrected chi connectivity index (χ4v) is 4.37. The molecule has 1 aliphatic heterocycles. The number of ether oxygens (including phenoxy) is 2. The first-order valence-electron chi connectivity index (χ1n) is 10.00. The summed E-state index contributed by atoms with van der Waals surface area (Å²) in [4.78, 5) is 29.0. The molecular weight excluding hydrogens is 447 g/mol. The van der Waals surface area contributed by atoms with Crippen LogP contribution in [0.4, 0.5) is 10.3 Å². The van der Waals surface area contributed by atoms with Crippen LogP contribution in [-0.4, -0.2) is 40.9 Å². The minimum absolute atomic E-state index is 0.291. The van der Waals surface area contributed by atoms with Gasteiger partial charge in [0.25, 0.3) is 0 Å². The predicted molar refractivity (Wildman–Crippen MR) is 120 cm³/mol. The number of esters is 2. The van der Waals surface area contributed by atoms with Crippen molar-refractivity contribution in [1.29, 1.82) is 0 Å². The number of fused-ring (bicyclic) bond motifs is 1. The lowest BCUT2D eigenvalue weighted by Gasteiger charge is -2.27. The summed E-state index contributed by atoms with van der Waals surface area (Å²) in [6.45, 7) is 1.76. The van der Waals surface area contributed by atoms with Crippen molar-refractivity contribution < 1.29 is 23.5 Å². The van der Waals surface area contributed by atoms with E-state index in [1.165, 1.54) is 32.0 Å². The maximum atomic E-state index is 14.0. The second kappa shape index (κ2) is 9.45. The number of nitrogens with one attached hydrogen (secondary N) is 1. The van der Waals surface area contributed by atoms with Crippen LogP contribution in [0, 0.1) is 5.82 Å². The smallest absolute Gasteiger partial charge is 0.338 e. The van der Waals surface area contributed by atoms with Crippen molar-refractivity contribution in [2.24, 2.45) is 0 Å². The van der Waals surface area contributed by atoms with Crippen molar-refractivity contribution in [3.8, 4) is 0 Å². The molecule has 2 aromatic carbocycles. The van der Waals surface area contributed by atoms with Crippen molar-refractivity contribution >= 4 is 29.6 Å². The molecule has 0 bridgehead atoms. The second-order valence-electron chi connectivity index (χ2n) is 7.21. The molecule has 33 heavy (non-hydrogen) atoms. The van der Waals surface area contributed by atoms with Crippen molar-refractivity contribution in [2.75, 3.05) is 19.5 Å². The third kappa shape index (κ3) is 4.47. The van der Waals surface area contributed by atoms with Gasteiger partial charge in [-0.05, 0) is 36.2 Å². The Labute approximate surface area is 193 Å². The molecule has 8 nitrogen and oxygen atoms in total. The van der Waals surface area contributed by atoms with Gasteiger partial charge in [-0.3, -0.25) is 0 Å². The van der Waals surface area contributed by atoms with Gasteiger partial charge in [0.05, 0.1) is 25.4 Å². The predicted octanol–water partition coefficient (Wildman–Crippen LogP) is 3.96. The van der Waals surface area contributed by atoms with Gasteiger partial charge in [-0.15, -0.1) is 5.10 Å². The van der Waals surface area contributed by atoms with E-state index in [0.717, 1.165) is 0 Å². The zero-order valence-corrected chi connectivity index (χ0v) is 19.0. The van der Waals surface area contributed by atoms with Crippen LogP contribution in [0.3, 0.4) is 0 Å². The topological polar surface area (TPSA) is 95.3 Å². The number of carbonyl (C=O) groups is 2. The fraction of sp³-hybridized carbons (Fsp3) is 0.217. The Balaban J connectivity index is 1.70. The van der Waals surface area contributed by atoms with Crippen molar-refractivity contribution in [3.63, 3.8) is 0 Å². The Kier molecular flexibility index (Phi) is 6.45. The largest absolute Gasteiger partial charge is 0.466 e. The van der Waals surface area contributed by atoms with Gasteiger partial charge >= 0.3 is 11.9 Å². The quantitative estimate of drug-likeness (QED) is 0.429. The number of nitrogens with zero attached hydrogens (tertiary/aromatic N) is 3. The summed E-state index contributed by atoms with van der Waals surface area (Å²) in [6.07, 6.45) is 0. The summed E-state index contributed by atoms with van der Waals surface area (Å²) in [7, 11) is 2.62. The van der Waals surface area contributed by atoms with E-state index in [-0.39, 0.29) is 5.82 Å². The molecule has 1 aliphatic rings. The monoisotopic (exact) mass is 468 g/mol. The van der Waals surface area contributed by atoms with Crippen molar-refractivity contribution in [3.05, 3.63) is 82.3 Å². The number of rotatable bonds is 6. The highest BCUT2D eigenvalue weighted by Gasteiger charge is 2.35. The lowest BCUT2D eigenvalue weighted by atomic mass is 9.95. The summed E-state index contributed by atoms with van der Waals surface area (Å²) in [5.41, 5.74) is 2.58. The maximum Gasteiger partial charge on any atom is 0.338 e. The van der Waals surface area contributed by atoms with Crippen LogP contribution in [0.2, 0.25) is 0 Å². The molecule has 3 aromatic rings. The van der Waals surface area contributed by atoms with Gasteiger partial charge in [-0.2, -0.15) is 4.98 Å². The zero-order valence-electron chi connectivity index (χ0n) is 18.2. The van der Waals surface area contributed by atoms with Crippen LogP contribution in [0.15, 0.2) is 65.0 Å². The molecule has 10 heteroatoms. The minimum Gasteiger partial charge on any atom is -0.466 e. The summed E-state index contributed by atoms with van der Waals surface area (Å²) >= 11 is 1.29. The van der Waals surface area contributed by atoms with Crippen molar-refractivity contribution in [2.45, 2.75) is 23.9 Å². The molecule has 0 aliphatic carbocycles. The normalized spacial score (nSPS) is 15.0. The molecule has 1 aromatic heterocycles. The number of halogens is 1. The molecule has 1 unspecified atom stereocenters. The SMILES string of the molecule is COC(=O)C1=C(C)Nc2nc(SCc3ccccc3F)nn2C1c1ccc(C(=O)OC)cc1. The number of aromatic nitrogens is 3. The van der Waals surface area contributed by atoms with Gasteiger partial charge in [-0.1, -0.05) is 42.1 Å². The van der Waals surface area contributed by atoms with Gasteiger partial charge in [0.15, 0.2) is 0 Å². The lowest BCUT2D eigenvalue weighted by molar-refractivity contribution is -0.136. The number of anilines is 1. The summed E-state index contributed by atoms with van der Waals surface area (Å²) in [5, 5.41) is 8.11. The van der Waals surface area contributed by atoms with E-state index in [2.05, 4.69) is 15.4 Å². The molecule has 1 N–H and O–H groups in total. The van der Waals surface area contributed by atoms with Crippen LogP contribution >= 0.6 is 11.8 Å². The van der Waals surface area contributed by atoms with Crippen LogP contribution in [-0.2, 0) is 20.0 Å². The van der Waals surface area contributed by atoms with Gasteiger partial charge < -0.3 is 14.8 Å². The first kappa shape index (κ1) is 22.5. The molecule has 4 rings (SSSR count). The molecule has 2 heterocycles. The molecule has 1 atom stereocenters. The Morgan fingerprint density at radius 1 is 1.09 bits per heavy atom. The Bertz CT molecular complexity index is 1240. The molecular formula is C23H21FN4O4S. The van der Waals surface area contributed by atoms with E-state index in [1.54, 1.807) is 54.1 Å². The molecule has 0 saturated carbocycles. The number of thioether (sulfide) groups is 1.